The highest BCUT2D eigenvalue weighted by atomic mass is 35.5. The lowest BCUT2D eigenvalue weighted by Crippen LogP contribution is -2.37. The Balaban J connectivity index is 1.50. The maximum absolute atomic E-state index is 12.9. The van der Waals surface area contributed by atoms with Gasteiger partial charge in [-0.1, -0.05) is 48.9 Å². The molecular formula is C23H26ClN3O4S. The second kappa shape index (κ2) is 9.21. The molecule has 0 aromatic heterocycles. The minimum Gasteiger partial charge on any atom is -0.350 e. The molecule has 2 aliphatic heterocycles. The summed E-state index contributed by atoms with van der Waals surface area (Å²) in [5.41, 5.74) is 1.53. The molecule has 2 saturated heterocycles. The molecular weight excluding hydrogens is 450 g/mol. The van der Waals surface area contributed by atoms with E-state index in [2.05, 4.69) is 22.3 Å². The van der Waals surface area contributed by atoms with E-state index in [1.807, 2.05) is 18.2 Å². The number of hydrogen-bond acceptors (Lipinski definition) is 5. The highest BCUT2D eigenvalue weighted by Gasteiger charge is 2.42. The van der Waals surface area contributed by atoms with Crippen molar-refractivity contribution in [3.8, 4) is 0 Å². The highest BCUT2D eigenvalue weighted by Crippen LogP contribution is 2.31. The van der Waals surface area contributed by atoms with Crippen molar-refractivity contribution in [1.29, 1.82) is 0 Å². The number of nitrogens with zero attached hydrogens (tertiary/aromatic N) is 2. The number of halogens is 1. The third kappa shape index (κ3) is 4.53. The first-order chi connectivity index (χ1) is 15.3. The summed E-state index contributed by atoms with van der Waals surface area (Å²) in [6.07, 6.45) is 2.28. The zero-order valence-corrected chi connectivity index (χ0v) is 19.4. The quantitative estimate of drug-likeness (QED) is 0.693. The Kier molecular flexibility index (Phi) is 6.55. The van der Waals surface area contributed by atoms with Crippen LogP contribution < -0.4 is 9.62 Å². The van der Waals surface area contributed by atoms with Gasteiger partial charge >= 0.3 is 0 Å². The van der Waals surface area contributed by atoms with Gasteiger partial charge in [0.2, 0.25) is 15.9 Å². The Labute approximate surface area is 193 Å². The van der Waals surface area contributed by atoms with Crippen LogP contribution in [0, 0.1) is 5.92 Å². The van der Waals surface area contributed by atoms with Crippen LogP contribution in [0.1, 0.15) is 41.7 Å². The molecule has 1 N–H and O–H groups in total. The van der Waals surface area contributed by atoms with E-state index in [0.29, 0.717) is 6.54 Å². The van der Waals surface area contributed by atoms with E-state index in [4.69, 9.17) is 11.6 Å². The summed E-state index contributed by atoms with van der Waals surface area (Å²) in [6.45, 7) is 3.98. The molecule has 4 rings (SSSR count). The second-order valence-electron chi connectivity index (χ2n) is 8.33. The van der Waals surface area contributed by atoms with Crippen LogP contribution >= 0.6 is 11.6 Å². The zero-order valence-electron chi connectivity index (χ0n) is 17.8. The maximum Gasteiger partial charge on any atom is 0.252 e. The molecule has 2 aromatic rings. The summed E-state index contributed by atoms with van der Waals surface area (Å²) in [7, 11) is -3.73. The molecule has 0 spiro atoms. The van der Waals surface area contributed by atoms with Crippen molar-refractivity contribution < 1.29 is 18.0 Å². The predicted molar refractivity (Wildman–Crippen MR) is 124 cm³/mol. The van der Waals surface area contributed by atoms with Gasteiger partial charge in [0.15, 0.2) is 0 Å². The third-order valence-corrected chi connectivity index (χ3v) is 8.20. The summed E-state index contributed by atoms with van der Waals surface area (Å²) >= 11 is 6.34. The third-order valence-electron chi connectivity index (χ3n) is 6.01. The number of sulfonamides is 1. The van der Waals surface area contributed by atoms with E-state index < -0.39 is 21.8 Å². The van der Waals surface area contributed by atoms with Gasteiger partial charge in [0.05, 0.1) is 34.0 Å². The summed E-state index contributed by atoms with van der Waals surface area (Å²) in [5.74, 6) is -1.68. The van der Waals surface area contributed by atoms with Crippen molar-refractivity contribution in [1.82, 2.24) is 10.2 Å². The number of hydrogen-bond donors (Lipinski definition) is 1. The molecule has 2 atom stereocenters. The van der Waals surface area contributed by atoms with Gasteiger partial charge in [-0.15, -0.1) is 0 Å². The first-order valence-corrected chi connectivity index (χ1v) is 12.7. The van der Waals surface area contributed by atoms with Crippen LogP contribution in [0.2, 0.25) is 5.02 Å². The number of anilines is 1. The fraction of sp³-hybridized carbons (Fsp3) is 0.391. The van der Waals surface area contributed by atoms with Crippen LogP contribution in [0.5, 0.6) is 0 Å². The SMILES string of the molecule is CC1CS(=O)(=O)N(c2ccc(C(=O)NCC(c3ccccc3)N3CCCC3)c(Cl)c2)C1=O. The number of amides is 2. The molecule has 0 radical (unpaired) electrons. The van der Waals surface area contributed by atoms with E-state index in [9.17, 15) is 18.0 Å². The minimum absolute atomic E-state index is 0.0644. The molecule has 2 aliphatic rings. The van der Waals surface area contributed by atoms with E-state index in [1.165, 1.54) is 18.2 Å². The van der Waals surface area contributed by atoms with Crippen molar-refractivity contribution in [3.63, 3.8) is 0 Å². The minimum atomic E-state index is -3.73. The predicted octanol–water partition coefficient (Wildman–Crippen LogP) is 3.22. The van der Waals surface area contributed by atoms with Gasteiger partial charge in [-0.2, -0.15) is 0 Å². The smallest absolute Gasteiger partial charge is 0.252 e. The largest absolute Gasteiger partial charge is 0.350 e. The Morgan fingerprint density at radius 3 is 2.44 bits per heavy atom. The topological polar surface area (TPSA) is 86.8 Å². The standard InChI is InChI=1S/C23H26ClN3O4S/c1-16-15-32(30,31)27(23(16)29)18-9-10-19(20(24)13-18)22(28)25-14-21(26-11-5-6-12-26)17-7-3-2-4-8-17/h2-4,7-10,13,16,21H,5-6,11-12,14-15H2,1H3,(H,25,28). The van der Waals surface area contributed by atoms with E-state index in [-0.39, 0.29) is 34.0 Å². The van der Waals surface area contributed by atoms with E-state index in [0.717, 1.165) is 35.8 Å². The highest BCUT2D eigenvalue weighted by molar-refractivity contribution is 7.94. The van der Waals surface area contributed by atoms with Gasteiger partial charge in [0, 0.05) is 6.54 Å². The zero-order chi connectivity index (χ0) is 22.9. The normalized spacial score (nSPS) is 21.6. The lowest BCUT2D eigenvalue weighted by Gasteiger charge is -2.28. The van der Waals surface area contributed by atoms with Gasteiger partial charge in [0.25, 0.3) is 5.91 Å². The van der Waals surface area contributed by atoms with Crippen LogP contribution in [-0.2, 0) is 14.8 Å². The number of carbonyl (C=O) groups is 2. The van der Waals surface area contributed by atoms with Gasteiger partial charge in [0.1, 0.15) is 0 Å². The molecule has 0 saturated carbocycles. The van der Waals surface area contributed by atoms with Crippen molar-refractivity contribution in [2.75, 3.05) is 29.7 Å². The van der Waals surface area contributed by atoms with Gasteiger partial charge in [-0.05, 0) is 49.7 Å². The second-order valence-corrected chi connectivity index (χ2v) is 10.6. The number of likely N-dealkylation sites (tertiary alicyclic amines) is 1. The van der Waals surface area contributed by atoms with Gasteiger partial charge in [-0.3, -0.25) is 14.5 Å². The monoisotopic (exact) mass is 475 g/mol. The molecule has 32 heavy (non-hydrogen) atoms. The molecule has 2 amide bonds. The Bertz CT molecular complexity index is 1120. The van der Waals surface area contributed by atoms with Crippen LogP contribution in [0.15, 0.2) is 48.5 Å². The van der Waals surface area contributed by atoms with Crippen LogP contribution in [0.3, 0.4) is 0 Å². The molecule has 2 unspecified atom stereocenters. The molecule has 2 aromatic carbocycles. The number of rotatable bonds is 6. The average Bonchev–Trinajstić information content (AvgIpc) is 3.35. The summed E-state index contributed by atoms with van der Waals surface area (Å²) in [6, 6.07) is 14.4. The van der Waals surface area contributed by atoms with Gasteiger partial charge < -0.3 is 5.32 Å². The van der Waals surface area contributed by atoms with Crippen LogP contribution in [-0.4, -0.2) is 50.5 Å². The first-order valence-electron chi connectivity index (χ1n) is 10.7. The van der Waals surface area contributed by atoms with E-state index in [1.54, 1.807) is 6.92 Å². The van der Waals surface area contributed by atoms with Crippen molar-refractivity contribution >= 4 is 39.1 Å². The summed E-state index contributed by atoms with van der Waals surface area (Å²) in [5, 5.41) is 3.07. The lowest BCUT2D eigenvalue weighted by molar-refractivity contribution is -0.119. The maximum atomic E-state index is 12.9. The fourth-order valence-corrected chi connectivity index (χ4v) is 6.45. The average molecular weight is 476 g/mol. The first kappa shape index (κ1) is 22.8. The molecule has 2 fully saturated rings. The van der Waals surface area contributed by atoms with Crippen LogP contribution in [0.25, 0.3) is 0 Å². The molecule has 9 heteroatoms. The summed E-state index contributed by atoms with van der Waals surface area (Å²) in [4.78, 5) is 27.6. The summed E-state index contributed by atoms with van der Waals surface area (Å²) < 4.78 is 25.4. The molecule has 7 nitrogen and oxygen atoms in total. The van der Waals surface area contributed by atoms with E-state index >= 15 is 0 Å². The lowest BCUT2D eigenvalue weighted by atomic mass is 10.1. The number of carbonyl (C=O) groups excluding carboxylic acids is 2. The van der Waals surface area contributed by atoms with Crippen molar-refractivity contribution in [2.24, 2.45) is 5.92 Å². The number of nitrogens with one attached hydrogen (secondary N) is 1. The van der Waals surface area contributed by atoms with Gasteiger partial charge in [-0.25, -0.2) is 12.7 Å². The van der Waals surface area contributed by atoms with Crippen molar-refractivity contribution in [3.05, 3.63) is 64.7 Å². The molecule has 2 heterocycles. The van der Waals surface area contributed by atoms with Crippen LogP contribution in [0.4, 0.5) is 5.69 Å². The Hall–Kier alpha value is -2.42. The Morgan fingerprint density at radius 2 is 1.84 bits per heavy atom. The molecule has 0 bridgehead atoms. The molecule has 0 aliphatic carbocycles. The fourth-order valence-electron chi connectivity index (χ4n) is 4.37. The Morgan fingerprint density at radius 1 is 1.16 bits per heavy atom. The number of benzene rings is 2. The van der Waals surface area contributed by atoms with Crippen molar-refractivity contribution in [2.45, 2.75) is 25.8 Å². The molecule has 170 valence electrons.